The van der Waals surface area contributed by atoms with E-state index in [0.717, 1.165) is 19.3 Å². The molecule has 4 heterocycles. The molecule has 9 aliphatic rings. The van der Waals surface area contributed by atoms with E-state index in [2.05, 4.69) is 40.7 Å². The second kappa shape index (κ2) is 23.1. The first-order valence-electron chi connectivity index (χ1n) is 28.5. The van der Waals surface area contributed by atoms with Crippen LogP contribution in [0.2, 0.25) is 0 Å². The Morgan fingerprint density at radius 3 is 1.68 bits per heavy atom. The molecule has 0 aromatic heterocycles. The second-order valence-electron chi connectivity index (χ2n) is 26.9. The highest BCUT2D eigenvalue weighted by Crippen LogP contribution is 2.76. The van der Waals surface area contributed by atoms with E-state index in [9.17, 15) is 79.4 Å². The predicted molar refractivity (Wildman–Crippen MR) is 273 cm³/mol. The Labute approximate surface area is 471 Å². The molecule has 4 aliphatic heterocycles. The molecule has 28 unspecified atom stereocenters. The number of ether oxygens (including phenoxy) is 8. The molecule has 9 rings (SSSR count). The molecule has 8 fully saturated rings. The first-order chi connectivity index (χ1) is 37.7. The van der Waals surface area contributed by atoms with Crippen LogP contribution in [0, 0.1) is 50.2 Å². The summed E-state index contributed by atoms with van der Waals surface area (Å²) in [5, 5.41) is 140. The van der Waals surface area contributed by atoms with Gasteiger partial charge in [-0.25, -0.2) is 4.18 Å². The minimum Gasteiger partial charge on any atom is -0.432 e. The van der Waals surface area contributed by atoms with Gasteiger partial charge in [-0.15, -0.1) is 0 Å². The summed E-state index contributed by atoms with van der Waals surface area (Å²) in [5.41, 5.74) is -1.44. The third kappa shape index (κ3) is 11.1. The van der Waals surface area contributed by atoms with Gasteiger partial charge in [-0.05, 0) is 109 Å². The Bertz CT molecular complexity index is 2380. The van der Waals surface area contributed by atoms with E-state index >= 15 is 4.79 Å². The number of hydrogen-bond acceptors (Lipinski definition) is 25. The average molecular weight is 1190 g/mol. The van der Waals surface area contributed by atoms with Crippen LogP contribution in [0.4, 0.5) is 0 Å². The quantitative estimate of drug-likeness (QED) is 0.0498. The number of rotatable bonds is 14. The minimum atomic E-state index is -4.67. The van der Waals surface area contributed by atoms with Crippen LogP contribution in [-0.2, 0) is 57.3 Å². The van der Waals surface area contributed by atoms with Crippen molar-refractivity contribution in [3.63, 3.8) is 0 Å². The molecule has 0 radical (unpaired) electrons. The zero-order chi connectivity index (χ0) is 59.5. The fourth-order valence-electron chi connectivity index (χ4n) is 16.5. The molecule has 5 aliphatic carbocycles. The highest BCUT2D eigenvalue weighted by molar-refractivity contribution is 7.80. The smallest absolute Gasteiger partial charge is 0.397 e. The van der Waals surface area contributed by atoms with E-state index < -0.39 is 183 Å². The first kappa shape index (κ1) is 63.8. The van der Waals surface area contributed by atoms with Crippen LogP contribution in [0.5, 0.6) is 0 Å². The maximum Gasteiger partial charge on any atom is 0.397 e. The van der Waals surface area contributed by atoms with E-state index in [1.54, 1.807) is 0 Å². The van der Waals surface area contributed by atoms with Crippen molar-refractivity contribution < 1.29 is 126 Å². The number of carbonyl (C=O) groups excluding carboxylic acids is 1. The lowest BCUT2D eigenvalue weighted by Gasteiger charge is -2.71. The Morgan fingerprint density at radius 2 is 1.09 bits per heavy atom. The molecule has 26 nitrogen and oxygen atoms in total. The number of esters is 1. The largest absolute Gasteiger partial charge is 0.432 e. The van der Waals surface area contributed by atoms with Crippen LogP contribution < -0.4 is 0 Å². The molecule has 0 spiro atoms. The summed E-state index contributed by atoms with van der Waals surface area (Å²) in [7, 11) is -4.67. The molecule has 0 amide bonds. The Hall–Kier alpha value is -1.72. The molecule has 0 bridgehead atoms. The number of fused-ring (bicyclic) bond motifs is 7. The minimum absolute atomic E-state index is 0.0933. The van der Waals surface area contributed by atoms with Crippen LogP contribution in [0.25, 0.3) is 0 Å². The molecular weight excluding hydrogens is 1100 g/mol. The van der Waals surface area contributed by atoms with Crippen molar-refractivity contribution in [1.82, 2.24) is 0 Å². The fraction of sp³-hybridized carbons (Fsp3) is 0.944. The maximum atomic E-state index is 15.2. The number of hydrogen-bond donors (Lipinski definition) is 14. The summed E-state index contributed by atoms with van der Waals surface area (Å²) in [6.07, 6.45) is -28.3. The highest BCUT2D eigenvalue weighted by atomic mass is 32.3. The second-order valence-corrected chi connectivity index (χ2v) is 27.9. The van der Waals surface area contributed by atoms with Crippen molar-refractivity contribution in [2.75, 3.05) is 26.4 Å². The van der Waals surface area contributed by atoms with Crippen molar-refractivity contribution in [2.45, 2.75) is 242 Å². The van der Waals surface area contributed by atoms with E-state index in [0.29, 0.717) is 44.9 Å². The first-order valence-corrected chi connectivity index (χ1v) is 29.8. The van der Waals surface area contributed by atoms with Crippen molar-refractivity contribution in [2.24, 2.45) is 50.2 Å². The topological polar surface area (TPSA) is 418 Å². The molecule has 4 saturated carbocycles. The SMILES string of the molecule is CC1(C)CCC2(C(=O)OC3OC(COC4OC(CO)C(O)C(O)C4OC4OC(COC5OC(CO)C(O)C(O)C5O)C(O)C(O)C4O)C(O)C(O)C3O)CCC3(C)C(=CCC4C5(C)CCC(OS(=O)(=O)O)C(C)(C)C5CCC43C)C2C1. The lowest BCUT2D eigenvalue weighted by atomic mass is 9.33. The van der Waals surface area contributed by atoms with Gasteiger partial charge in [0.25, 0.3) is 0 Å². The maximum absolute atomic E-state index is 15.2. The van der Waals surface area contributed by atoms with Gasteiger partial charge < -0.3 is 104 Å². The third-order valence-electron chi connectivity index (χ3n) is 21.6. The van der Waals surface area contributed by atoms with Gasteiger partial charge in [-0.3, -0.25) is 9.35 Å². The van der Waals surface area contributed by atoms with Gasteiger partial charge in [-0.2, -0.15) is 8.42 Å². The standard InChI is InChI=1S/C54H88O26S/c1-49(2)14-16-54(17-15-52(6)23(24(54)18-49)8-9-30-51(5)12-11-31(80-81(69,70)71)50(3,4)29(51)10-13-53(30,52)7)48(68)79-46-42(67)38(63)35(60)28(77-46)22-73-47-43(39(64)33(58)26(20-56)75-47)78-45-41(66)37(62)34(59)27(76-45)21-72-44-40(65)36(61)32(57)25(19-55)74-44/h8,24-47,55-67H,9-22H2,1-7H3,(H,69,70,71). The summed E-state index contributed by atoms with van der Waals surface area (Å²) < 4.78 is 85.3. The van der Waals surface area contributed by atoms with E-state index in [-0.39, 0.29) is 39.4 Å². The molecule has 14 N–H and O–H groups in total. The van der Waals surface area contributed by atoms with E-state index in [1.165, 1.54) is 5.57 Å². The van der Waals surface area contributed by atoms with Crippen LogP contribution in [0.1, 0.15) is 113 Å². The van der Waals surface area contributed by atoms with Gasteiger partial charge >= 0.3 is 16.4 Å². The Morgan fingerprint density at radius 1 is 0.580 bits per heavy atom. The molecule has 466 valence electrons. The number of aliphatic hydroxyl groups is 13. The van der Waals surface area contributed by atoms with E-state index in [4.69, 9.17) is 42.1 Å². The van der Waals surface area contributed by atoms with Crippen LogP contribution in [-0.4, -0.2) is 241 Å². The number of allylic oxidation sites excluding steroid dienone is 2. The highest BCUT2D eigenvalue weighted by Gasteiger charge is 2.70. The molecule has 4 saturated heterocycles. The van der Waals surface area contributed by atoms with Crippen molar-refractivity contribution in [3.8, 4) is 0 Å². The van der Waals surface area contributed by atoms with Crippen molar-refractivity contribution in [1.29, 1.82) is 0 Å². The summed E-state index contributed by atoms with van der Waals surface area (Å²) in [6.45, 7) is 12.3. The third-order valence-corrected chi connectivity index (χ3v) is 22.1. The van der Waals surface area contributed by atoms with Crippen molar-refractivity contribution >= 4 is 16.4 Å². The van der Waals surface area contributed by atoms with E-state index in [1.807, 2.05) is 13.8 Å². The Kier molecular flexibility index (Phi) is 18.2. The lowest BCUT2D eigenvalue weighted by Crippen LogP contribution is -2.66. The van der Waals surface area contributed by atoms with Crippen LogP contribution in [0.15, 0.2) is 11.6 Å². The van der Waals surface area contributed by atoms with Gasteiger partial charge in [0.1, 0.15) is 97.7 Å². The fourth-order valence-corrected chi connectivity index (χ4v) is 17.2. The van der Waals surface area contributed by atoms with Gasteiger partial charge in [-0.1, -0.05) is 60.1 Å². The summed E-state index contributed by atoms with van der Waals surface area (Å²) in [5.74, 6) is -0.647. The predicted octanol–water partition coefficient (Wildman–Crippen LogP) is -2.21. The number of carbonyl (C=O) groups is 1. The van der Waals surface area contributed by atoms with Crippen molar-refractivity contribution in [3.05, 3.63) is 11.6 Å². The molecule has 28 atom stereocenters. The van der Waals surface area contributed by atoms with Gasteiger partial charge in [0.15, 0.2) is 18.9 Å². The Balaban J connectivity index is 0.903. The van der Waals surface area contributed by atoms with Crippen LogP contribution >= 0.6 is 0 Å². The monoisotopic (exact) mass is 1180 g/mol. The number of aliphatic hydroxyl groups excluding tert-OH is 13. The zero-order valence-corrected chi connectivity index (χ0v) is 47.7. The average Bonchev–Trinajstić information content (AvgIpc) is 0.957. The normalized spacial score (nSPS) is 51.6. The lowest BCUT2D eigenvalue weighted by molar-refractivity contribution is -0.376. The van der Waals surface area contributed by atoms with Gasteiger partial charge in [0, 0.05) is 0 Å². The summed E-state index contributed by atoms with van der Waals surface area (Å²) in [4.78, 5) is 15.2. The molecule has 0 aromatic rings. The molecule has 81 heavy (non-hydrogen) atoms. The molecule has 0 aromatic carbocycles. The van der Waals surface area contributed by atoms with Crippen LogP contribution in [0.3, 0.4) is 0 Å². The summed E-state index contributed by atoms with van der Waals surface area (Å²) >= 11 is 0. The van der Waals surface area contributed by atoms with Gasteiger partial charge in [0.2, 0.25) is 6.29 Å². The molecule has 27 heteroatoms. The van der Waals surface area contributed by atoms with Gasteiger partial charge in [0.05, 0.1) is 37.9 Å². The summed E-state index contributed by atoms with van der Waals surface area (Å²) in [6, 6.07) is 0. The molecular formula is C54H88O26S. The zero-order valence-electron chi connectivity index (χ0n) is 46.9.